The first-order chi connectivity index (χ1) is 8.20. The maximum atomic E-state index is 9.00. The Bertz CT molecular complexity index is 263. The normalized spacial score (nSPS) is 6.67. The van der Waals surface area contributed by atoms with Crippen LogP contribution in [-0.4, -0.2) is 18.1 Å². The standard InChI is InChI=1S/C6H6.3CH4N2O/c1-2-4-6-5-3-1;3*2-1(3)4/h1-6H;3*(H4,2,3,4). The lowest BCUT2D eigenvalue weighted by Crippen LogP contribution is -2.18. The van der Waals surface area contributed by atoms with E-state index in [1.165, 1.54) is 0 Å². The summed E-state index contributed by atoms with van der Waals surface area (Å²) in [6.45, 7) is 0. The van der Waals surface area contributed by atoms with Gasteiger partial charge in [0.2, 0.25) is 0 Å². The minimum absolute atomic E-state index is 0.833. The monoisotopic (exact) mass is 258 g/mol. The van der Waals surface area contributed by atoms with Gasteiger partial charge < -0.3 is 34.4 Å². The number of hydrogen-bond acceptors (Lipinski definition) is 3. The minimum atomic E-state index is -0.833. The molecular formula is C9H18N6O3. The lowest BCUT2D eigenvalue weighted by atomic mass is 10.4. The predicted molar refractivity (Wildman–Crippen MR) is 67.8 cm³/mol. The van der Waals surface area contributed by atoms with Crippen LogP contribution in [0, 0.1) is 0 Å². The van der Waals surface area contributed by atoms with Gasteiger partial charge in [-0.05, 0) is 0 Å². The lowest BCUT2D eigenvalue weighted by Gasteiger charge is -1.69. The maximum absolute atomic E-state index is 9.00. The van der Waals surface area contributed by atoms with Crippen LogP contribution in [0.1, 0.15) is 0 Å². The van der Waals surface area contributed by atoms with Gasteiger partial charge in [0, 0.05) is 0 Å². The van der Waals surface area contributed by atoms with Gasteiger partial charge in [0.1, 0.15) is 0 Å². The zero-order valence-electron chi connectivity index (χ0n) is 9.65. The Hall–Kier alpha value is -2.97. The van der Waals surface area contributed by atoms with Crippen molar-refractivity contribution in [3.63, 3.8) is 0 Å². The molecule has 0 aliphatic carbocycles. The first-order valence-electron chi connectivity index (χ1n) is 4.34. The van der Waals surface area contributed by atoms with Gasteiger partial charge in [-0.25, -0.2) is 14.4 Å². The third kappa shape index (κ3) is 205. The first-order valence-corrected chi connectivity index (χ1v) is 4.34. The highest BCUT2D eigenvalue weighted by Crippen LogP contribution is 1.79. The van der Waals surface area contributed by atoms with Gasteiger partial charge in [-0.3, -0.25) is 0 Å². The SMILES string of the molecule is NC(N)=O.NC(N)=O.NC(N)=O.c1ccccc1. The molecule has 1 aromatic rings. The predicted octanol–water partition coefficient (Wildman–Crippen LogP) is -1.24. The maximum Gasteiger partial charge on any atom is 0.309 e. The van der Waals surface area contributed by atoms with Crippen molar-refractivity contribution in [2.24, 2.45) is 34.4 Å². The zero-order valence-corrected chi connectivity index (χ0v) is 9.65. The summed E-state index contributed by atoms with van der Waals surface area (Å²) in [5.41, 5.74) is 25.5. The van der Waals surface area contributed by atoms with Crippen LogP contribution in [0.5, 0.6) is 0 Å². The van der Waals surface area contributed by atoms with Crippen LogP contribution in [0.3, 0.4) is 0 Å². The van der Waals surface area contributed by atoms with E-state index in [1.807, 2.05) is 36.4 Å². The van der Waals surface area contributed by atoms with Crippen LogP contribution < -0.4 is 34.4 Å². The van der Waals surface area contributed by atoms with Crippen molar-refractivity contribution < 1.29 is 14.4 Å². The summed E-state index contributed by atoms with van der Waals surface area (Å²) in [6, 6.07) is 9.50. The number of benzene rings is 1. The molecule has 9 nitrogen and oxygen atoms in total. The molecule has 0 aromatic heterocycles. The molecule has 6 amide bonds. The van der Waals surface area contributed by atoms with Crippen LogP contribution >= 0.6 is 0 Å². The fraction of sp³-hybridized carbons (Fsp3) is 0. The van der Waals surface area contributed by atoms with E-state index in [-0.39, 0.29) is 0 Å². The summed E-state index contributed by atoms with van der Waals surface area (Å²) in [5, 5.41) is 0. The smallest absolute Gasteiger partial charge is 0.309 e. The van der Waals surface area contributed by atoms with Gasteiger partial charge >= 0.3 is 18.1 Å². The van der Waals surface area contributed by atoms with E-state index in [0.717, 1.165) is 0 Å². The van der Waals surface area contributed by atoms with Crippen LogP contribution in [-0.2, 0) is 0 Å². The Morgan fingerprint density at radius 1 is 0.444 bits per heavy atom. The highest BCUT2D eigenvalue weighted by Gasteiger charge is 1.61. The third-order valence-electron chi connectivity index (χ3n) is 0.667. The summed E-state index contributed by atoms with van der Waals surface area (Å²) in [7, 11) is 0. The molecule has 1 aromatic carbocycles. The van der Waals surface area contributed by atoms with E-state index in [0.29, 0.717) is 0 Å². The van der Waals surface area contributed by atoms with Crippen molar-refractivity contribution in [2.45, 2.75) is 0 Å². The van der Waals surface area contributed by atoms with Gasteiger partial charge in [0.15, 0.2) is 0 Å². The fourth-order valence-electron chi connectivity index (χ4n) is 0.385. The summed E-state index contributed by atoms with van der Waals surface area (Å²) >= 11 is 0. The largest absolute Gasteiger partial charge is 0.352 e. The molecule has 1 rings (SSSR count). The number of amides is 6. The number of rotatable bonds is 0. The van der Waals surface area contributed by atoms with Crippen molar-refractivity contribution in [3.8, 4) is 0 Å². The number of nitrogens with two attached hydrogens (primary N) is 6. The average molecular weight is 258 g/mol. The summed E-state index contributed by atoms with van der Waals surface area (Å²) < 4.78 is 0. The molecule has 102 valence electrons. The average Bonchev–Trinajstić information content (AvgIpc) is 2.17. The summed E-state index contributed by atoms with van der Waals surface area (Å²) in [4.78, 5) is 27.0. The molecule has 0 unspecified atom stereocenters. The number of carbonyl (C=O) groups excluding carboxylic acids is 3. The molecule has 12 N–H and O–H groups in total. The Morgan fingerprint density at radius 3 is 0.556 bits per heavy atom. The van der Waals surface area contributed by atoms with E-state index in [9.17, 15) is 0 Å². The molecule has 0 saturated carbocycles. The second-order valence-electron chi connectivity index (χ2n) is 2.36. The number of primary amides is 6. The van der Waals surface area contributed by atoms with Crippen LogP contribution in [0.15, 0.2) is 36.4 Å². The molecule has 0 bridgehead atoms. The first kappa shape index (κ1) is 20.4. The quantitative estimate of drug-likeness (QED) is 0.337. The molecular weight excluding hydrogens is 240 g/mol. The highest BCUT2D eigenvalue weighted by atomic mass is 16.2. The fourth-order valence-corrected chi connectivity index (χ4v) is 0.385. The second-order valence-corrected chi connectivity index (χ2v) is 2.36. The van der Waals surface area contributed by atoms with Gasteiger partial charge in [-0.2, -0.15) is 0 Å². The van der Waals surface area contributed by atoms with Crippen molar-refractivity contribution in [1.82, 2.24) is 0 Å². The Morgan fingerprint density at radius 2 is 0.500 bits per heavy atom. The van der Waals surface area contributed by atoms with E-state index < -0.39 is 18.1 Å². The number of hydrogen-bond donors (Lipinski definition) is 6. The topological polar surface area (TPSA) is 207 Å². The molecule has 0 radical (unpaired) electrons. The van der Waals surface area contributed by atoms with Gasteiger partial charge in [0.25, 0.3) is 0 Å². The molecule has 0 aliphatic heterocycles. The Labute approximate surface area is 104 Å². The Balaban J connectivity index is -0.000000171. The van der Waals surface area contributed by atoms with Crippen molar-refractivity contribution in [3.05, 3.63) is 36.4 Å². The summed E-state index contributed by atoms with van der Waals surface area (Å²) in [6.07, 6.45) is 0. The molecule has 0 aliphatic rings. The molecule has 0 atom stereocenters. The van der Waals surface area contributed by atoms with Crippen molar-refractivity contribution in [2.75, 3.05) is 0 Å². The lowest BCUT2D eigenvalue weighted by molar-refractivity contribution is 0.255. The van der Waals surface area contributed by atoms with E-state index in [1.54, 1.807) is 0 Å². The zero-order chi connectivity index (χ0) is 15.0. The van der Waals surface area contributed by atoms with Gasteiger partial charge in [-0.15, -0.1) is 0 Å². The van der Waals surface area contributed by atoms with Gasteiger partial charge in [0.05, 0.1) is 0 Å². The summed E-state index contributed by atoms with van der Waals surface area (Å²) in [5.74, 6) is 0. The molecule has 0 fully saturated rings. The minimum Gasteiger partial charge on any atom is -0.352 e. The second kappa shape index (κ2) is 16.5. The molecule has 18 heavy (non-hydrogen) atoms. The van der Waals surface area contributed by atoms with E-state index in [4.69, 9.17) is 14.4 Å². The van der Waals surface area contributed by atoms with Crippen molar-refractivity contribution >= 4 is 18.1 Å². The number of carbonyl (C=O) groups is 3. The molecule has 0 saturated heterocycles. The van der Waals surface area contributed by atoms with Gasteiger partial charge in [-0.1, -0.05) is 36.4 Å². The van der Waals surface area contributed by atoms with Crippen molar-refractivity contribution in [1.29, 1.82) is 0 Å². The highest BCUT2D eigenvalue weighted by molar-refractivity contribution is 5.69. The molecule has 0 heterocycles. The third-order valence-corrected chi connectivity index (χ3v) is 0.667. The molecule has 9 heteroatoms. The molecule has 0 spiro atoms. The number of urea groups is 3. The van der Waals surface area contributed by atoms with Crippen LogP contribution in [0.2, 0.25) is 0 Å². The Kier molecular flexibility index (Phi) is 18.7. The van der Waals surface area contributed by atoms with E-state index >= 15 is 0 Å². The van der Waals surface area contributed by atoms with Crippen LogP contribution in [0.4, 0.5) is 14.4 Å². The van der Waals surface area contributed by atoms with E-state index in [2.05, 4.69) is 34.4 Å². The van der Waals surface area contributed by atoms with Crippen LogP contribution in [0.25, 0.3) is 0 Å².